The fourth-order valence-corrected chi connectivity index (χ4v) is 1.80. The zero-order valence-corrected chi connectivity index (χ0v) is 11.1. The third kappa shape index (κ3) is 3.08. The van der Waals surface area contributed by atoms with Crippen molar-refractivity contribution in [3.63, 3.8) is 0 Å². The molecule has 1 aromatic carbocycles. The molecule has 1 amide bonds. The lowest BCUT2D eigenvalue weighted by atomic mass is 9.84. The summed E-state index contributed by atoms with van der Waals surface area (Å²) in [6.07, 6.45) is -20.8. The van der Waals surface area contributed by atoms with Gasteiger partial charge in [0.2, 0.25) is 0 Å². The standard InChI is InChI=1S/C12H8F9NO/c1-6-4-2-3-5-7(6)22-8(23)9(10(13,14)15,11(16,17)18)12(19,20)21/h2-5H,1H3,(H,22,23). The van der Waals surface area contributed by atoms with Gasteiger partial charge >= 0.3 is 23.9 Å². The summed E-state index contributed by atoms with van der Waals surface area (Å²) < 4.78 is 114. The number of carbonyl (C=O) groups excluding carboxylic acids is 1. The van der Waals surface area contributed by atoms with Gasteiger partial charge in [0, 0.05) is 5.69 Å². The summed E-state index contributed by atoms with van der Waals surface area (Å²) in [6, 6.07) is 4.52. The van der Waals surface area contributed by atoms with E-state index in [0.717, 1.165) is 17.4 Å². The second-order valence-corrected chi connectivity index (χ2v) is 4.51. The van der Waals surface area contributed by atoms with Gasteiger partial charge < -0.3 is 5.32 Å². The molecule has 0 fully saturated rings. The molecule has 0 saturated heterocycles. The van der Waals surface area contributed by atoms with Crippen LogP contribution in [0.2, 0.25) is 0 Å². The molecule has 1 aromatic rings. The largest absolute Gasteiger partial charge is 0.421 e. The van der Waals surface area contributed by atoms with Gasteiger partial charge in [-0.25, -0.2) is 0 Å². The minimum absolute atomic E-state index is 0.0127. The van der Waals surface area contributed by atoms with Gasteiger partial charge in [-0.3, -0.25) is 4.79 Å². The smallest absolute Gasteiger partial charge is 0.324 e. The maximum atomic E-state index is 12.7. The van der Waals surface area contributed by atoms with Gasteiger partial charge in [-0.15, -0.1) is 0 Å². The van der Waals surface area contributed by atoms with Crippen LogP contribution in [0.1, 0.15) is 5.56 Å². The summed E-state index contributed by atoms with van der Waals surface area (Å²) in [6.45, 7) is 1.19. The molecule has 1 N–H and O–H groups in total. The molecule has 0 aromatic heterocycles. The number of hydrogen-bond acceptors (Lipinski definition) is 1. The topological polar surface area (TPSA) is 29.1 Å². The second kappa shape index (κ2) is 5.60. The van der Waals surface area contributed by atoms with Crippen LogP contribution in [0.25, 0.3) is 0 Å². The summed E-state index contributed by atoms with van der Waals surface area (Å²) >= 11 is 0. The van der Waals surface area contributed by atoms with Crippen LogP contribution in [-0.4, -0.2) is 24.4 Å². The number of nitrogens with one attached hydrogen (secondary N) is 1. The Morgan fingerprint density at radius 1 is 0.826 bits per heavy atom. The van der Waals surface area contributed by atoms with E-state index in [1.165, 1.54) is 19.1 Å². The first-order chi connectivity index (χ1) is 10.2. The normalized spacial score (nSPS) is 13.8. The van der Waals surface area contributed by atoms with E-state index in [0.29, 0.717) is 0 Å². The second-order valence-electron chi connectivity index (χ2n) is 4.51. The molecule has 0 spiro atoms. The molecule has 0 aliphatic rings. The molecule has 0 atom stereocenters. The summed E-state index contributed by atoms with van der Waals surface area (Å²) in [5.74, 6) is -3.26. The van der Waals surface area contributed by atoms with Crippen molar-refractivity contribution in [1.29, 1.82) is 0 Å². The lowest BCUT2D eigenvalue weighted by Gasteiger charge is -2.37. The molecule has 0 unspecified atom stereocenters. The summed E-state index contributed by atoms with van der Waals surface area (Å²) in [7, 11) is 0. The van der Waals surface area contributed by atoms with E-state index in [2.05, 4.69) is 0 Å². The number of para-hydroxylation sites is 1. The number of anilines is 1. The first kappa shape index (κ1) is 19.1. The third-order valence-electron chi connectivity index (χ3n) is 3.01. The Morgan fingerprint density at radius 2 is 1.22 bits per heavy atom. The highest BCUT2D eigenvalue weighted by atomic mass is 19.4. The van der Waals surface area contributed by atoms with Crippen LogP contribution in [-0.2, 0) is 4.79 Å². The van der Waals surface area contributed by atoms with Crippen molar-refractivity contribution in [3.05, 3.63) is 29.8 Å². The average Bonchev–Trinajstić information content (AvgIpc) is 2.26. The molecule has 2 nitrogen and oxygen atoms in total. The van der Waals surface area contributed by atoms with Crippen molar-refractivity contribution < 1.29 is 44.3 Å². The highest BCUT2D eigenvalue weighted by molar-refractivity contribution is 5.97. The van der Waals surface area contributed by atoms with Crippen molar-refractivity contribution in [2.75, 3.05) is 5.32 Å². The first-order valence-corrected chi connectivity index (χ1v) is 5.73. The lowest BCUT2D eigenvalue weighted by molar-refractivity contribution is -0.405. The maximum Gasteiger partial charge on any atom is 0.421 e. The van der Waals surface area contributed by atoms with Crippen LogP contribution in [0.15, 0.2) is 24.3 Å². The highest BCUT2D eigenvalue weighted by Gasteiger charge is 2.88. The number of carbonyl (C=O) groups is 1. The molecule has 0 aliphatic carbocycles. The van der Waals surface area contributed by atoms with Gasteiger partial charge in [-0.2, -0.15) is 39.5 Å². The van der Waals surface area contributed by atoms with Crippen molar-refractivity contribution in [3.8, 4) is 0 Å². The van der Waals surface area contributed by atoms with Crippen molar-refractivity contribution in [1.82, 2.24) is 0 Å². The van der Waals surface area contributed by atoms with E-state index < -0.39 is 35.5 Å². The predicted molar refractivity (Wildman–Crippen MR) is 60.4 cm³/mol. The van der Waals surface area contributed by atoms with Crippen molar-refractivity contribution in [2.24, 2.45) is 5.41 Å². The van der Waals surface area contributed by atoms with Crippen LogP contribution in [0, 0.1) is 12.3 Å². The Kier molecular flexibility index (Phi) is 4.66. The first-order valence-electron chi connectivity index (χ1n) is 5.73. The van der Waals surface area contributed by atoms with Gasteiger partial charge in [-0.1, -0.05) is 18.2 Å². The summed E-state index contributed by atoms with van der Waals surface area (Å²) in [5.41, 5.74) is -7.14. The minimum atomic E-state index is -6.93. The fraction of sp³-hybridized carbons (Fsp3) is 0.417. The quantitative estimate of drug-likeness (QED) is 0.774. The summed E-state index contributed by atoms with van der Waals surface area (Å²) in [5, 5.41) is 1.07. The molecule has 130 valence electrons. The lowest BCUT2D eigenvalue weighted by Crippen LogP contribution is -2.65. The monoisotopic (exact) mass is 353 g/mol. The molecular weight excluding hydrogens is 345 g/mol. The fourth-order valence-electron chi connectivity index (χ4n) is 1.80. The number of halogens is 9. The van der Waals surface area contributed by atoms with E-state index in [-0.39, 0.29) is 5.56 Å². The molecule has 1 rings (SSSR count). The number of alkyl halides is 9. The van der Waals surface area contributed by atoms with Crippen LogP contribution in [0.3, 0.4) is 0 Å². The predicted octanol–water partition coefficient (Wildman–Crippen LogP) is 4.61. The average molecular weight is 353 g/mol. The Morgan fingerprint density at radius 3 is 1.57 bits per heavy atom. The Hall–Kier alpha value is -1.94. The Bertz CT molecular complexity index is 549. The van der Waals surface area contributed by atoms with E-state index in [1.807, 2.05) is 0 Å². The molecule has 23 heavy (non-hydrogen) atoms. The van der Waals surface area contributed by atoms with Gasteiger partial charge in [0.1, 0.15) is 0 Å². The van der Waals surface area contributed by atoms with Gasteiger partial charge in [-0.05, 0) is 18.6 Å². The van der Waals surface area contributed by atoms with E-state index in [9.17, 15) is 44.3 Å². The molecule has 0 aliphatic heterocycles. The number of aryl methyl sites for hydroxylation is 1. The zero-order valence-electron chi connectivity index (χ0n) is 11.1. The molecule has 0 heterocycles. The van der Waals surface area contributed by atoms with Gasteiger partial charge in [0.25, 0.3) is 5.91 Å². The van der Waals surface area contributed by atoms with Crippen LogP contribution >= 0.6 is 0 Å². The molecule has 0 saturated carbocycles. The minimum Gasteiger partial charge on any atom is -0.324 e. The Balaban J connectivity index is 3.53. The van der Waals surface area contributed by atoms with Crippen LogP contribution in [0.4, 0.5) is 45.2 Å². The van der Waals surface area contributed by atoms with E-state index >= 15 is 0 Å². The molecular formula is C12H8F9NO. The highest BCUT2D eigenvalue weighted by Crippen LogP contribution is 2.59. The molecule has 0 radical (unpaired) electrons. The number of benzene rings is 1. The summed E-state index contributed by atoms with van der Waals surface area (Å²) in [4.78, 5) is 11.5. The number of amides is 1. The number of hydrogen-bond donors (Lipinski definition) is 1. The van der Waals surface area contributed by atoms with Crippen molar-refractivity contribution >= 4 is 11.6 Å². The molecule has 0 bridgehead atoms. The number of rotatable bonds is 2. The van der Waals surface area contributed by atoms with E-state index in [4.69, 9.17) is 0 Å². The van der Waals surface area contributed by atoms with Gasteiger partial charge in [0.05, 0.1) is 0 Å². The Labute approximate surface area is 123 Å². The maximum absolute atomic E-state index is 12.7. The third-order valence-corrected chi connectivity index (χ3v) is 3.01. The molecule has 11 heteroatoms. The van der Waals surface area contributed by atoms with Crippen LogP contribution < -0.4 is 5.32 Å². The van der Waals surface area contributed by atoms with Crippen molar-refractivity contribution in [2.45, 2.75) is 25.5 Å². The van der Waals surface area contributed by atoms with Crippen LogP contribution in [0.5, 0.6) is 0 Å². The van der Waals surface area contributed by atoms with Gasteiger partial charge in [0.15, 0.2) is 0 Å². The van der Waals surface area contributed by atoms with E-state index in [1.54, 1.807) is 0 Å². The SMILES string of the molecule is Cc1ccccc1NC(=O)C(C(F)(F)F)(C(F)(F)F)C(F)(F)F. The zero-order chi connectivity index (χ0) is 18.3.